The second-order valence-electron chi connectivity index (χ2n) is 7.14. The number of anilines is 1. The Morgan fingerprint density at radius 3 is 2.48 bits per heavy atom. The molecule has 1 aliphatic heterocycles. The zero-order chi connectivity index (χ0) is 19.6. The lowest BCUT2D eigenvalue weighted by Crippen LogP contribution is -2.48. The minimum atomic E-state index is -0.163. The summed E-state index contributed by atoms with van der Waals surface area (Å²) in [5, 5.41) is 6.83. The van der Waals surface area contributed by atoms with Gasteiger partial charge in [0.1, 0.15) is 5.82 Å². The SMILES string of the molecule is CCCN1CCC(NC(=NC)NCc2ccc(N(CC)CC)c(F)c2)CC1. The lowest BCUT2D eigenvalue weighted by molar-refractivity contribution is 0.206. The summed E-state index contributed by atoms with van der Waals surface area (Å²) in [4.78, 5) is 8.87. The summed E-state index contributed by atoms with van der Waals surface area (Å²) in [6, 6.07) is 5.93. The third-order valence-corrected chi connectivity index (χ3v) is 5.27. The van der Waals surface area contributed by atoms with Crippen molar-refractivity contribution in [3.05, 3.63) is 29.6 Å². The van der Waals surface area contributed by atoms with Crippen LogP contribution < -0.4 is 15.5 Å². The van der Waals surface area contributed by atoms with Gasteiger partial charge < -0.3 is 20.4 Å². The minimum Gasteiger partial charge on any atom is -0.370 e. The fraction of sp³-hybridized carbons (Fsp3) is 0.667. The Labute approximate surface area is 164 Å². The second kappa shape index (κ2) is 11.1. The van der Waals surface area contributed by atoms with E-state index in [2.05, 4.69) is 27.4 Å². The number of piperidine rings is 1. The van der Waals surface area contributed by atoms with Crippen LogP contribution in [0.4, 0.5) is 10.1 Å². The van der Waals surface area contributed by atoms with Gasteiger partial charge in [-0.15, -0.1) is 0 Å². The molecule has 0 spiro atoms. The molecule has 2 N–H and O–H groups in total. The largest absolute Gasteiger partial charge is 0.370 e. The van der Waals surface area contributed by atoms with Crippen molar-refractivity contribution in [1.82, 2.24) is 15.5 Å². The molecule has 0 aromatic heterocycles. The van der Waals surface area contributed by atoms with Crippen LogP contribution in [0, 0.1) is 5.82 Å². The highest BCUT2D eigenvalue weighted by Crippen LogP contribution is 2.20. The normalized spacial score (nSPS) is 16.4. The monoisotopic (exact) mass is 377 g/mol. The Hall–Kier alpha value is -1.82. The number of likely N-dealkylation sites (tertiary alicyclic amines) is 1. The lowest BCUT2D eigenvalue weighted by Gasteiger charge is -2.32. The minimum absolute atomic E-state index is 0.163. The molecular weight excluding hydrogens is 341 g/mol. The molecule has 0 radical (unpaired) electrons. The molecule has 0 amide bonds. The first-order valence-electron chi connectivity index (χ1n) is 10.3. The van der Waals surface area contributed by atoms with Crippen molar-refractivity contribution in [2.45, 2.75) is 52.6 Å². The van der Waals surface area contributed by atoms with Gasteiger partial charge >= 0.3 is 0 Å². The van der Waals surface area contributed by atoms with E-state index in [4.69, 9.17) is 0 Å². The quantitative estimate of drug-likeness (QED) is 0.539. The van der Waals surface area contributed by atoms with Crippen LogP contribution in [-0.4, -0.2) is 56.7 Å². The number of benzene rings is 1. The van der Waals surface area contributed by atoms with Crippen LogP contribution in [0.25, 0.3) is 0 Å². The average molecular weight is 378 g/mol. The Kier molecular flexibility index (Phi) is 8.85. The standard InChI is InChI=1S/C21H36FN5/c1-5-12-26-13-10-18(11-14-26)25-21(23-4)24-16-17-8-9-20(19(22)15-17)27(6-2)7-3/h8-9,15,18H,5-7,10-14,16H2,1-4H3,(H2,23,24,25). The van der Waals surface area contributed by atoms with E-state index in [0.717, 1.165) is 50.5 Å². The van der Waals surface area contributed by atoms with E-state index in [1.807, 2.05) is 30.9 Å². The molecule has 1 heterocycles. The Balaban J connectivity index is 1.85. The molecule has 1 aromatic carbocycles. The van der Waals surface area contributed by atoms with Gasteiger partial charge in [0.2, 0.25) is 0 Å². The Bertz CT molecular complexity index is 592. The molecule has 1 saturated heterocycles. The third-order valence-electron chi connectivity index (χ3n) is 5.27. The van der Waals surface area contributed by atoms with Crippen LogP contribution in [0.3, 0.4) is 0 Å². The van der Waals surface area contributed by atoms with Gasteiger partial charge in [0, 0.05) is 45.8 Å². The molecule has 0 bridgehead atoms. The molecule has 152 valence electrons. The fourth-order valence-corrected chi connectivity index (χ4v) is 3.67. The second-order valence-corrected chi connectivity index (χ2v) is 7.14. The van der Waals surface area contributed by atoms with Gasteiger partial charge in [-0.05, 0) is 57.4 Å². The van der Waals surface area contributed by atoms with E-state index >= 15 is 0 Å². The van der Waals surface area contributed by atoms with Gasteiger partial charge in [-0.1, -0.05) is 13.0 Å². The van der Waals surface area contributed by atoms with Gasteiger partial charge in [0.25, 0.3) is 0 Å². The van der Waals surface area contributed by atoms with Crippen LogP contribution >= 0.6 is 0 Å². The maximum Gasteiger partial charge on any atom is 0.191 e. The number of hydrogen-bond acceptors (Lipinski definition) is 3. The molecule has 1 aliphatic rings. The van der Waals surface area contributed by atoms with Crippen LogP contribution in [0.1, 0.15) is 45.6 Å². The maximum atomic E-state index is 14.4. The zero-order valence-corrected chi connectivity index (χ0v) is 17.4. The van der Waals surface area contributed by atoms with E-state index in [0.29, 0.717) is 18.3 Å². The third kappa shape index (κ3) is 6.38. The topological polar surface area (TPSA) is 42.9 Å². The molecule has 0 atom stereocenters. The summed E-state index contributed by atoms with van der Waals surface area (Å²) < 4.78 is 14.4. The van der Waals surface area contributed by atoms with E-state index in [1.54, 1.807) is 13.1 Å². The average Bonchev–Trinajstić information content (AvgIpc) is 2.69. The van der Waals surface area contributed by atoms with Crippen molar-refractivity contribution in [1.29, 1.82) is 0 Å². The summed E-state index contributed by atoms with van der Waals surface area (Å²) in [6.45, 7) is 12.0. The van der Waals surface area contributed by atoms with Gasteiger partial charge in [0.15, 0.2) is 5.96 Å². The van der Waals surface area contributed by atoms with Gasteiger partial charge in [-0.2, -0.15) is 0 Å². The number of guanidine groups is 1. The molecule has 0 aliphatic carbocycles. The molecule has 1 aromatic rings. The summed E-state index contributed by atoms with van der Waals surface area (Å²) >= 11 is 0. The molecule has 0 saturated carbocycles. The molecule has 27 heavy (non-hydrogen) atoms. The number of nitrogens with zero attached hydrogens (tertiary/aromatic N) is 3. The Morgan fingerprint density at radius 1 is 1.22 bits per heavy atom. The van der Waals surface area contributed by atoms with Crippen molar-refractivity contribution >= 4 is 11.6 Å². The summed E-state index contributed by atoms with van der Waals surface area (Å²) in [5.41, 5.74) is 1.59. The summed E-state index contributed by atoms with van der Waals surface area (Å²) in [7, 11) is 1.78. The zero-order valence-electron chi connectivity index (χ0n) is 17.4. The smallest absolute Gasteiger partial charge is 0.191 e. The van der Waals surface area contributed by atoms with E-state index in [-0.39, 0.29) is 5.82 Å². The summed E-state index contributed by atoms with van der Waals surface area (Å²) in [6.07, 6.45) is 3.48. The van der Waals surface area contributed by atoms with Gasteiger partial charge in [0.05, 0.1) is 5.69 Å². The number of aliphatic imine (C=N–C) groups is 1. The first-order valence-corrected chi connectivity index (χ1v) is 10.3. The van der Waals surface area contributed by atoms with E-state index < -0.39 is 0 Å². The van der Waals surface area contributed by atoms with Crippen LogP contribution in [0.15, 0.2) is 23.2 Å². The number of hydrogen-bond donors (Lipinski definition) is 2. The maximum absolute atomic E-state index is 14.4. The van der Waals surface area contributed by atoms with Crippen LogP contribution in [-0.2, 0) is 6.54 Å². The highest BCUT2D eigenvalue weighted by atomic mass is 19.1. The molecule has 5 nitrogen and oxygen atoms in total. The van der Waals surface area contributed by atoms with Gasteiger partial charge in [-0.3, -0.25) is 4.99 Å². The lowest BCUT2D eigenvalue weighted by atomic mass is 10.1. The Morgan fingerprint density at radius 2 is 1.93 bits per heavy atom. The molecule has 1 fully saturated rings. The highest BCUT2D eigenvalue weighted by molar-refractivity contribution is 5.80. The van der Waals surface area contributed by atoms with Crippen molar-refractivity contribution in [3.63, 3.8) is 0 Å². The fourth-order valence-electron chi connectivity index (χ4n) is 3.67. The first-order chi connectivity index (χ1) is 13.1. The number of rotatable bonds is 8. The van der Waals surface area contributed by atoms with Crippen molar-refractivity contribution in [2.75, 3.05) is 44.7 Å². The van der Waals surface area contributed by atoms with Crippen LogP contribution in [0.5, 0.6) is 0 Å². The molecule has 0 unspecified atom stereocenters. The molecule has 2 rings (SSSR count). The summed E-state index contributed by atoms with van der Waals surface area (Å²) in [5.74, 6) is 0.626. The van der Waals surface area contributed by atoms with Crippen LogP contribution in [0.2, 0.25) is 0 Å². The van der Waals surface area contributed by atoms with Crippen molar-refractivity contribution in [3.8, 4) is 0 Å². The predicted octanol–water partition coefficient (Wildman–Crippen LogP) is 3.21. The number of halogens is 1. The van der Waals surface area contributed by atoms with E-state index in [1.165, 1.54) is 13.0 Å². The van der Waals surface area contributed by atoms with E-state index in [9.17, 15) is 4.39 Å². The van der Waals surface area contributed by atoms with Crippen molar-refractivity contribution < 1.29 is 4.39 Å². The highest BCUT2D eigenvalue weighted by Gasteiger charge is 2.19. The molecule has 6 heteroatoms. The number of nitrogens with one attached hydrogen (secondary N) is 2. The molecular formula is C21H36FN5. The first kappa shape index (κ1) is 21.5. The van der Waals surface area contributed by atoms with Crippen molar-refractivity contribution in [2.24, 2.45) is 4.99 Å². The predicted molar refractivity (Wildman–Crippen MR) is 113 cm³/mol. The van der Waals surface area contributed by atoms with Gasteiger partial charge in [-0.25, -0.2) is 4.39 Å².